The van der Waals surface area contributed by atoms with Gasteiger partial charge in [-0.25, -0.2) is 0 Å². The third kappa shape index (κ3) is 4.20. The first kappa shape index (κ1) is 14.8. The molecule has 3 nitrogen and oxygen atoms in total. The second-order valence-electron chi connectivity index (χ2n) is 5.44. The quantitative estimate of drug-likeness (QED) is 0.928. The summed E-state index contributed by atoms with van der Waals surface area (Å²) in [6.07, 6.45) is 2.27. The smallest absolute Gasteiger partial charge is 0.0721 e. The van der Waals surface area contributed by atoms with Crippen molar-refractivity contribution >= 4 is 21.6 Å². The number of benzene rings is 1. The van der Waals surface area contributed by atoms with Gasteiger partial charge in [-0.3, -0.25) is 0 Å². The topological polar surface area (TPSA) is 38.5 Å². The molecule has 2 rings (SSSR count). The lowest BCUT2D eigenvalue weighted by atomic mass is 10.0. The zero-order chi connectivity index (χ0) is 13.8. The van der Waals surface area contributed by atoms with Crippen molar-refractivity contribution in [3.8, 4) is 0 Å². The van der Waals surface area contributed by atoms with Gasteiger partial charge in [-0.05, 0) is 44.4 Å². The third-order valence-corrected chi connectivity index (χ3v) is 3.88. The maximum Gasteiger partial charge on any atom is 0.0721 e. The molecule has 19 heavy (non-hydrogen) atoms. The van der Waals surface area contributed by atoms with Crippen molar-refractivity contribution in [3.63, 3.8) is 0 Å². The van der Waals surface area contributed by atoms with Gasteiger partial charge in [-0.2, -0.15) is 0 Å². The zero-order valence-electron chi connectivity index (χ0n) is 11.7. The molecular formula is C15H23BrN2O. The van der Waals surface area contributed by atoms with Crippen molar-refractivity contribution in [2.75, 3.05) is 24.6 Å². The van der Waals surface area contributed by atoms with E-state index in [0.29, 0.717) is 0 Å². The number of hydrogen-bond donors (Lipinski definition) is 1. The van der Waals surface area contributed by atoms with E-state index >= 15 is 0 Å². The fourth-order valence-electron chi connectivity index (χ4n) is 2.56. The van der Waals surface area contributed by atoms with Crippen LogP contribution in [0.5, 0.6) is 0 Å². The summed E-state index contributed by atoms with van der Waals surface area (Å²) in [5.74, 6) is 0. The van der Waals surface area contributed by atoms with Gasteiger partial charge in [-0.15, -0.1) is 0 Å². The van der Waals surface area contributed by atoms with Crippen LogP contribution in [0.4, 0.5) is 5.69 Å². The Hall–Kier alpha value is -0.580. The standard InChI is InChI=1S/C15H23BrN2O/c1-11(17)8-13-4-5-14(16)9-15(13)18-6-3-7-19-12(2)10-18/h4-5,9,11-12H,3,6-8,10,17H2,1-2H3. The summed E-state index contributed by atoms with van der Waals surface area (Å²) in [5, 5.41) is 0. The lowest BCUT2D eigenvalue weighted by Gasteiger charge is -2.27. The molecule has 0 saturated carbocycles. The Morgan fingerprint density at radius 1 is 1.53 bits per heavy atom. The number of ether oxygens (including phenoxy) is 1. The minimum atomic E-state index is 0.181. The number of rotatable bonds is 3. The highest BCUT2D eigenvalue weighted by Crippen LogP contribution is 2.27. The Balaban J connectivity index is 2.27. The molecule has 1 aliphatic rings. The number of nitrogens with zero attached hydrogens (tertiary/aromatic N) is 1. The number of anilines is 1. The molecule has 1 saturated heterocycles. The van der Waals surface area contributed by atoms with E-state index in [-0.39, 0.29) is 12.1 Å². The van der Waals surface area contributed by atoms with Gasteiger partial charge in [0, 0.05) is 35.9 Å². The molecule has 4 heteroatoms. The van der Waals surface area contributed by atoms with Gasteiger partial charge in [0.15, 0.2) is 0 Å². The summed E-state index contributed by atoms with van der Waals surface area (Å²) in [5.41, 5.74) is 8.59. The van der Waals surface area contributed by atoms with Gasteiger partial charge in [-0.1, -0.05) is 22.0 Å². The van der Waals surface area contributed by atoms with Crippen LogP contribution in [0.1, 0.15) is 25.8 Å². The molecule has 2 atom stereocenters. The SMILES string of the molecule is CC(N)Cc1ccc(Br)cc1N1CCCOC(C)C1. The summed E-state index contributed by atoms with van der Waals surface area (Å²) in [4.78, 5) is 2.43. The Labute approximate surface area is 124 Å². The predicted molar refractivity (Wildman–Crippen MR) is 83.7 cm³/mol. The first-order valence-corrected chi connectivity index (χ1v) is 7.76. The van der Waals surface area contributed by atoms with Crippen molar-refractivity contribution in [2.45, 2.75) is 38.8 Å². The largest absolute Gasteiger partial charge is 0.377 e. The third-order valence-electron chi connectivity index (χ3n) is 3.38. The summed E-state index contributed by atoms with van der Waals surface area (Å²) >= 11 is 3.57. The molecular weight excluding hydrogens is 304 g/mol. The molecule has 1 aromatic carbocycles. The number of hydrogen-bond acceptors (Lipinski definition) is 3. The van der Waals surface area contributed by atoms with E-state index in [1.807, 2.05) is 0 Å². The molecule has 0 aromatic heterocycles. The Morgan fingerprint density at radius 2 is 2.32 bits per heavy atom. The van der Waals surface area contributed by atoms with Crippen molar-refractivity contribution in [3.05, 3.63) is 28.2 Å². The molecule has 106 valence electrons. The van der Waals surface area contributed by atoms with Crippen molar-refractivity contribution in [1.29, 1.82) is 0 Å². The molecule has 0 bridgehead atoms. The Bertz CT molecular complexity index is 423. The molecule has 1 aliphatic heterocycles. The summed E-state index contributed by atoms with van der Waals surface area (Å²) in [7, 11) is 0. The summed E-state index contributed by atoms with van der Waals surface area (Å²) in [6.45, 7) is 7.05. The maximum atomic E-state index is 5.96. The summed E-state index contributed by atoms with van der Waals surface area (Å²) < 4.78 is 6.85. The molecule has 0 radical (unpaired) electrons. The van der Waals surface area contributed by atoms with Gasteiger partial charge in [0.1, 0.15) is 0 Å². The molecule has 1 heterocycles. The van der Waals surface area contributed by atoms with Crippen LogP contribution in [0, 0.1) is 0 Å². The van der Waals surface area contributed by atoms with Crippen LogP contribution in [-0.2, 0) is 11.2 Å². The highest BCUT2D eigenvalue weighted by molar-refractivity contribution is 9.10. The van der Waals surface area contributed by atoms with E-state index in [1.165, 1.54) is 11.3 Å². The van der Waals surface area contributed by atoms with Crippen LogP contribution >= 0.6 is 15.9 Å². The first-order valence-electron chi connectivity index (χ1n) is 6.97. The monoisotopic (exact) mass is 326 g/mol. The van der Waals surface area contributed by atoms with Crippen LogP contribution in [-0.4, -0.2) is 31.8 Å². The van der Waals surface area contributed by atoms with Crippen LogP contribution in [0.25, 0.3) is 0 Å². The van der Waals surface area contributed by atoms with E-state index in [1.54, 1.807) is 0 Å². The number of halogens is 1. The highest BCUT2D eigenvalue weighted by atomic mass is 79.9. The van der Waals surface area contributed by atoms with Gasteiger partial charge in [0.05, 0.1) is 6.10 Å². The molecule has 0 aliphatic carbocycles. The fraction of sp³-hybridized carbons (Fsp3) is 0.600. The van der Waals surface area contributed by atoms with Gasteiger partial charge >= 0.3 is 0 Å². The lowest BCUT2D eigenvalue weighted by Crippen LogP contribution is -2.31. The zero-order valence-corrected chi connectivity index (χ0v) is 13.3. The number of nitrogens with two attached hydrogens (primary N) is 1. The van der Waals surface area contributed by atoms with Crippen LogP contribution in [0.15, 0.2) is 22.7 Å². The molecule has 0 spiro atoms. The van der Waals surface area contributed by atoms with Gasteiger partial charge in [0.2, 0.25) is 0 Å². The van der Waals surface area contributed by atoms with Crippen LogP contribution in [0.3, 0.4) is 0 Å². The average molecular weight is 327 g/mol. The van der Waals surface area contributed by atoms with Crippen molar-refractivity contribution in [2.24, 2.45) is 5.73 Å². The van der Waals surface area contributed by atoms with E-state index < -0.39 is 0 Å². The molecule has 2 N–H and O–H groups in total. The minimum absolute atomic E-state index is 0.181. The Morgan fingerprint density at radius 3 is 3.05 bits per heavy atom. The van der Waals surface area contributed by atoms with E-state index in [0.717, 1.165) is 37.0 Å². The molecule has 0 amide bonds. The summed E-state index contributed by atoms with van der Waals surface area (Å²) in [6, 6.07) is 6.66. The van der Waals surface area contributed by atoms with E-state index in [9.17, 15) is 0 Å². The normalized spacial score (nSPS) is 22.1. The van der Waals surface area contributed by atoms with Crippen LogP contribution in [0.2, 0.25) is 0 Å². The van der Waals surface area contributed by atoms with Crippen LogP contribution < -0.4 is 10.6 Å². The first-order chi connectivity index (χ1) is 9.06. The second kappa shape index (κ2) is 6.73. The average Bonchev–Trinajstić information content (AvgIpc) is 2.55. The van der Waals surface area contributed by atoms with E-state index in [2.05, 4.69) is 52.9 Å². The predicted octanol–water partition coefficient (Wildman–Crippen LogP) is 2.95. The van der Waals surface area contributed by atoms with Gasteiger partial charge < -0.3 is 15.4 Å². The van der Waals surface area contributed by atoms with Crippen molar-refractivity contribution < 1.29 is 4.74 Å². The van der Waals surface area contributed by atoms with E-state index in [4.69, 9.17) is 10.5 Å². The Kier molecular flexibility index (Phi) is 5.25. The maximum absolute atomic E-state index is 5.96. The second-order valence-corrected chi connectivity index (χ2v) is 6.35. The minimum Gasteiger partial charge on any atom is -0.377 e. The van der Waals surface area contributed by atoms with Gasteiger partial charge in [0.25, 0.3) is 0 Å². The molecule has 1 aromatic rings. The van der Waals surface area contributed by atoms with Crippen molar-refractivity contribution in [1.82, 2.24) is 0 Å². The molecule has 2 unspecified atom stereocenters. The highest BCUT2D eigenvalue weighted by Gasteiger charge is 2.18. The lowest BCUT2D eigenvalue weighted by molar-refractivity contribution is 0.0821. The fourth-order valence-corrected chi connectivity index (χ4v) is 2.91. The molecule has 1 fully saturated rings.